The van der Waals surface area contributed by atoms with Gasteiger partial charge < -0.3 is 0 Å². The van der Waals surface area contributed by atoms with Gasteiger partial charge in [-0.1, -0.05) is 166 Å². The standard InChI is InChI=1S/C22H20.C16H20N2.C15H19N3/c1-15(2)17-12-13-20-21(14-17)18-10-6-7-11-19(18)22(20)16-8-4-3-5-9-16;1-11(2)13-5-7-14(8-6-13)16-10-17-15(9-18-16)12(3)4;1-10(2)13-6-5-12(7-16-13)15-9-17-14(8-18-15)11(3)4/h3-15,22H,1-2H3;5-12H,1-4H3;5-11H,1-4H3. The van der Waals surface area contributed by atoms with Crippen molar-refractivity contribution in [2.24, 2.45) is 0 Å². The van der Waals surface area contributed by atoms with Gasteiger partial charge in [0.15, 0.2) is 0 Å². The summed E-state index contributed by atoms with van der Waals surface area (Å²) in [6, 6.07) is 39.4. The molecule has 58 heavy (non-hydrogen) atoms. The molecule has 0 spiro atoms. The van der Waals surface area contributed by atoms with Gasteiger partial charge in [-0.25, -0.2) is 0 Å². The van der Waals surface area contributed by atoms with Gasteiger partial charge in [-0.3, -0.25) is 24.9 Å². The highest BCUT2D eigenvalue weighted by Gasteiger charge is 2.29. The van der Waals surface area contributed by atoms with Gasteiger partial charge in [0.1, 0.15) is 0 Å². The highest BCUT2D eigenvalue weighted by atomic mass is 14.8. The predicted octanol–water partition coefficient (Wildman–Crippen LogP) is 14.1. The van der Waals surface area contributed by atoms with Crippen LogP contribution >= 0.6 is 0 Å². The Hall–Kier alpha value is -5.81. The van der Waals surface area contributed by atoms with Crippen molar-refractivity contribution in [3.8, 4) is 33.6 Å². The Labute approximate surface area is 347 Å². The molecule has 3 heterocycles. The molecule has 4 aromatic carbocycles. The molecule has 0 fully saturated rings. The van der Waals surface area contributed by atoms with E-state index in [1.807, 2.05) is 31.0 Å². The van der Waals surface area contributed by atoms with E-state index < -0.39 is 0 Å². The van der Waals surface area contributed by atoms with Crippen molar-refractivity contribution in [1.29, 1.82) is 0 Å². The number of hydrogen-bond donors (Lipinski definition) is 0. The third kappa shape index (κ3) is 10.0. The number of benzene rings is 4. The van der Waals surface area contributed by atoms with E-state index in [2.05, 4.69) is 203 Å². The van der Waals surface area contributed by atoms with E-state index in [0.717, 1.165) is 39.6 Å². The first-order valence-electron chi connectivity index (χ1n) is 20.9. The molecule has 0 bridgehead atoms. The molecule has 0 amide bonds. The second-order valence-corrected chi connectivity index (χ2v) is 16.8. The summed E-state index contributed by atoms with van der Waals surface area (Å²) in [7, 11) is 0. The van der Waals surface area contributed by atoms with E-state index in [4.69, 9.17) is 0 Å². The number of hydrogen-bond acceptors (Lipinski definition) is 5. The molecule has 7 aromatic rings. The zero-order valence-electron chi connectivity index (χ0n) is 36.0. The first-order chi connectivity index (χ1) is 27.9. The molecular formula is C53H59N5. The van der Waals surface area contributed by atoms with E-state index in [-0.39, 0.29) is 0 Å². The van der Waals surface area contributed by atoms with Gasteiger partial charge in [0.2, 0.25) is 0 Å². The molecule has 5 heteroatoms. The first-order valence-corrected chi connectivity index (χ1v) is 20.9. The molecule has 0 N–H and O–H groups in total. The molecular weight excluding hydrogens is 707 g/mol. The van der Waals surface area contributed by atoms with E-state index in [1.165, 1.54) is 38.9 Å². The summed E-state index contributed by atoms with van der Waals surface area (Å²) in [6.07, 6.45) is 9.27. The van der Waals surface area contributed by atoms with Crippen LogP contribution in [0.2, 0.25) is 0 Å². The van der Waals surface area contributed by atoms with E-state index in [9.17, 15) is 0 Å². The third-order valence-corrected chi connectivity index (χ3v) is 10.8. The molecule has 296 valence electrons. The Balaban J connectivity index is 0.000000148. The van der Waals surface area contributed by atoms with Crippen molar-refractivity contribution in [3.63, 3.8) is 0 Å². The molecule has 0 aliphatic heterocycles. The quantitative estimate of drug-likeness (QED) is 0.154. The Morgan fingerprint density at radius 2 is 0.862 bits per heavy atom. The second kappa shape index (κ2) is 19.1. The maximum absolute atomic E-state index is 4.48. The lowest BCUT2D eigenvalue weighted by atomic mass is 9.88. The molecule has 0 saturated carbocycles. The topological polar surface area (TPSA) is 64.5 Å². The number of pyridine rings is 1. The van der Waals surface area contributed by atoms with Crippen LogP contribution < -0.4 is 0 Å². The number of fused-ring (bicyclic) bond motifs is 3. The largest absolute Gasteiger partial charge is 0.260 e. The van der Waals surface area contributed by atoms with Crippen molar-refractivity contribution in [3.05, 3.63) is 185 Å². The van der Waals surface area contributed by atoms with Gasteiger partial charge in [0.05, 0.1) is 35.2 Å². The normalized spacial score (nSPS) is 12.9. The Morgan fingerprint density at radius 3 is 1.38 bits per heavy atom. The zero-order valence-corrected chi connectivity index (χ0v) is 36.0. The van der Waals surface area contributed by atoms with Crippen LogP contribution in [-0.4, -0.2) is 24.9 Å². The smallest absolute Gasteiger partial charge is 0.0900 e. The highest BCUT2D eigenvalue weighted by molar-refractivity contribution is 5.81. The maximum Gasteiger partial charge on any atom is 0.0900 e. The minimum Gasteiger partial charge on any atom is -0.260 e. The Morgan fingerprint density at radius 1 is 0.362 bits per heavy atom. The molecule has 1 atom stereocenters. The Kier molecular flexibility index (Phi) is 13.8. The molecule has 8 rings (SSSR count). The monoisotopic (exact) mass is 765 g/mol. The molecule has 1 aliphatic rings. The Bertz CT molecular complexity index is 2140. The van der Waals surface area contributed by atoms with Crippen LogP contribution in [0.5, 0.6) is 0 Å². The molecule has 3 aromatic heterocycles. The SMILES string of the molecule is CC(C)c1ccc(-c2cnc(C(C)C)cn2)cc1.CC(C)c1ccc(-c2cnc(C(C)C)cn2)cn1.CC(C)c1ccc2c(c1)-c1ccccc1C2c1ccccc1. The summed E-state index contributed by atoms with van der Waals surface area (Å²) in [6.45, 7) is 21.7. The fourth-order valence-electron chi connectivity index (χ4n) is 7.09. The van der Waals surface area contributed by atoms with Crippen LogP contribution in [-0.2, 0) is 0 Å². The van der Waals surface area contributed by atoms with Crippen molar-refractivity contribution >= 4 is 0 Å². The summed E-state index contributed by atoms with van der Waals surface area (Å²) in [5.41, 5.74) is 17.0. The van der Waals surface area contributed by atoms with Crippen LogP contribution in [0, 0.1) is 0 Å². The maximum atomic E-state index is 4.48. The van der Waals surface area contributed by atoms with Crippen LogP contribution in [0.25, 0.3) is 33.6 Å². The molecule has 1 aliphatic carbocycles. The zero-order chi connectivity index (χ0) is 41.3. The van der Waals surface area contributed by atoms with Gasteiger partial charge in [0.25, 0.3) is 0 Å². The van der Waals surface area contributed by atoms with Gasteiger partial charge >= 0.3 is 0 Å². The minimum atomic E-state index is 0.369. The van der Waals surface area contributed by atoms with E-state index in [0.29, 0.717) is 35.5 Å². The fourth-order valence-corrected chi connectivity index (χ4v) is 7.09. The van der Waals surface area contributed by atoms with Crippen molar-refractivity contribution in [2.75, 3.05) is 0 Å². The molecule has 5 nitrogen and oxygen atoms in total. The summed E-state index contributed by atoms with van der Waals surface area (Å²) in [5, 5.41) is 0. The van der Waals surface area contributed by atoms with Gasteiger partial charge in [0, 0.05) is 41.3 Å². The summed E-state index contributed by atoms with van der Waals surface area (Å²) in [5.74, 6) is 2.78. The highest BCUT2D eigenvalue weighted by Crippen LogP contribution is 2.48. The summed E-state index contributed by atoms with van der Waals surface area (Å²) < 4.78 is 0. The van der Waals surface area contributed by atoms with Crippen LogP contribution in [0.3, 0.4) is 0 Å². The molecule has 1 unspecified atom stereocenters. The lowest BCUT2D eigenvalue weighted by Crippen LogP contribution is -1.99. The van der Waals surface area contributed by atoms with Crippen LogP contribution in [0.1, 0.15) is 150 Å². The number of aromatic nitrogens is 5. The first kappa shape index (κ1) is 41.8. The average molecular weight is 766 g/mol. The summed E-state index contributed by atoms with van der Waals surface area (Å²) >= 11 is 0. The molecule has 0 radical (unpaired) electrons. The summed E-state index contributed by atoms with van der Waals surface area (Å²) in [4.78, 5) is 22.2. The lowest BCUT2D eigenvalue weighted by molar-refractivity contribution is 0.812. The van der Waals surface area contributed by atoms with Crippen molar-refractivity contribution in [1.82, 2.24) is 24.9 Å². The predicted molar refractivity (Wildman–Crippen MR) is 242 cm³/mol. The molecule has 0 saturated heterocycles. The third-order valence-electron chi connectivity index (χ3n) is 10.8. The van der Waals surface area contributed by atoms with Gasteiger partial charge in [-0.05, 0) is 80.7 Å². The lowest BCUT2D eigenvalue weighted by Gasteiger charge is -2.15. The van der Waals surface area contributed by atoms with Crippen LogP contribution in [0.15, 0.2) is 140 Å². The second-order valence-electron chi connectivity index (χ2n) is 16.8. The van der Waals surface area contributed by atoms with E-state index in [1.54, 1.807) is 0 Å². The van der Waals surface area contributed by atoms with Crippen LogP contribution in [0.4, 0.5) is 0 Å². The van der Waals surface area contributed by atoms with Gasteiger partial charge in [-0.2, -0.15) is 0 Å². The minimum absolute atomic E-state index is 0.369. The van der Waals surface area contributed by atoms with Gasteiger partial charge in [-0.15, -0.1) is 0 Å². The van der Waals surface area contributed by atoms with Crippen molar-refractivity contribution < 1.29 is 0 Å². The average Bonchev–Trinajstić information content (AvgIpc) is 3.58. The van der Waals surface area contributed by atoms with Crippen molar-refractivity contribution in [2.45, 2.75) is 105 Å². The fraction of sp³-hybridized carbons (Fsp3) is 0.302. The number of nitrogens with zero attached hydrogens (tertiary/aromatic N) is 5. The van der Waals surface area contributed by atoms with E-state index >= 15 is 0 Å². The number of rotatable bonds is 8.